The van der Waals surface area contributed by atoms with E-state index in [1.165, 1.54) is 0 Å². The van der Waals surface area contributed by atoms with Crippen LogP contribution in [0.1, 0.15) is 12.5 Å². The highest BCUT2D eigenvalue weighted by Gasteiger charge is 2.51. The van der Waals surface area contributed by atoms with Gasteiger partial charge < -0.3 is 14.6 Å². The van der Waals surface area contributed by atoms with Gasteiger partial charge in [0.05, 0.1) is 19.8 Å². The Bertz CT molecular complexity index is 312. The Balaban J connectivity index is 1.72. The summed E-state index contributed by atoms with van der Waals surface area (Å²) in [5.74, 6) is 0. The van der Waals surface area contributed by atoms with Gasteiger partial charge in [-0.2, -0.15) is 0 Å². The van der Waals surface area contributed by atoms with Crippen molar-refractivity contribution in [3.63, 3.8) is 0 Å². The average Bonchev–Trinajstić information content (AvgIpc) is 2.91. The molecular weight excluding hydrogens is 192 g/mol. The zero-order chi connectivity index (χ0) is 10.7. The van der Waals surface area contributed by atoms with Gasteiger partial charge in [0.1, 0.15) is 11.7 Å². The molecule has 82 valence electrons. The van der Waals surface area contributed by atoms with Crippen LogP contribution in [0.4, 0.5) is 0 Å². The largest absolute Gasteiger partial charge is 0.394 e. The normalized spacial score (nSPS) is 29.1. The fraction of sp³-hybridized carbons (Fsp3) is 0.500. The second-order valence-corrected chi connectivity index (χ2v) is 4.08. The molecule has 3 nitrogen and oxygen atoms in total. The quantitative estimate of drug-likeness (QED) is 0.743. The van der Waals surface area contributed by atoms with Crippen molar-refractivity contribution in [2.24, 2.45) is 0 Å². The second kappa shape index (κ2) is 4.31. The van der Waals surface area contributed by atoms with Crippen LogP contribution in [-0.4, -0.2) is 30.0 Å². The number of aliphatic hydroxyl groups excluding tert-OH is 1. The third-order valence-electron chi connectivity index (χ3n) is 2.70. The molecule has 0 aromatic heterocycles. The molecule has 0 spiro atoms. The first-order valence-electron chi connectivity index (χ1n) is 5.15. The number of hydrogen-bond acceptors (Lipinski definition) is 3. The van der Waals surface area contributed by atoms with E-state index in [0.717, 1.165) is 5.56 Å². The van der Waals surface area contributed by atoms with E-state index in [9.17, 15) is 0 Å². The molecule has 0 amide bonds. The zero-order valence-electron chi connectivity index (χ0n) is 8.85. The lowest BCUT2D eigenvalue weighted by Gasteiger charge is -2.07. The summed E-state index contributed by atoms with van der Waals surface area (Å²) >= 11 is 0. The van der Waals surface area contributed by atoms with E-state index in [4.69, 9.17) is 14.6 Å². The molecule has 1 heterocycles. The van der Waals surface area contributed by atoms with E-state index in [0.29, 0.717) is 13.2 Å². The van der Waals surface area contributed by atoms with E-state index in [-0.39, 0.29) is 18.3 Å². The summed E-state index contributed by atoms with van der Waals surface area (Å²) in [4.78, 5) is 0. The minimum Gasteiger partial charge on any atom is -0.394 e. The van der Waals surface area contributed by atoms with Crippen molar-refractivity contribution in [3.8, 4) is 0 Å². The van der Waals surface area contributed by atoms with E-state index in [1.807, 2.05) is 37.3 Å². The smallest absolute Gasteiger partial charge is 0.118 e. The highest BCUT2D eigenvalue weighted by atomic mass is 16.6. The van der Waals surface area contributed by atoms with Gasteiger partial charge in [-0.05, 0) is 12.5 Å². The highest BCUT2D eigenvalue weighted by molar-refractivity contribution is 5.13. The summed E-state index contributed by atoms with van der Waals surface area (Å²) in [6.45, 7) is 3.16. The Morgan fingerprint density at radius 2 is 2.13 bits per heavy atom. The van der Waals surface area contributed by atoms with Crippen molar-refractivity contribution in [2.45, 2.75) is 25.2 Å². The van der Waals surface area contributed by atoms with Crippen molar-refractivity contribution in [1.82, 2.24) is 0 Å². The van der Waals surface area contributed by atoms with Crippen LogP contribution in [0.5, 0.6) is 0 Å². The molecule has 1 saturated heterocycles. The van der Waals surface area contributed by atoms with Crippen LogP contribution in [0.3, 0.4) is 0 Å². The van der Waals surface area contributed by atoms with Gasteiger partial charge in [-0.25, -0.2) is 0 Å². The van der Waals surface area contributed by atoms with Gasteiger partial charge in [-0.1, -0.05) is 30.3 Å². The fourth-order valence-corrected chi connectivity index (χ4v) is 1.59. The van der Waals surface area contributed by atoms with Crippen molar-refractivity contribution in [2.75, 3.05) is 13.2 Å². The molecule has 1 aromatic carbocycles. The van der Waals surface area contributed by atoms with Crippen molar-refractivity contribution < 1.29 is 14.6 Å². The second-order valence-electron chi connectivity index (χ2n) is 4.08. The molecular formula is C12H16O3. The molecule has 3 heteroatoms. The lowest BCUT2D eigenvalue weighted by Crippen LogP contribution is -2.20. The predicted octanol–water partition coefficient (Wildman–Crippen LogP) is 1.35. The van der Waals surface area contributed by atoms with Crippen molar-refractivity contribution in [3.05, 3.63) is 35.9 Å². The van der Waals surface area contributed by atoms with Crippen LogP contribution in [0.25, 0.3) is 0 Å². The Labute approximate surface area is 89.6 Å². The molecule has 2 atom stereocenters. The Morgan fingerprint density at radius 1 is 1.40 bits per heavy atom. The van der Waals surface area contributed by atoms with Crippen LogP contribution in [-0.2, 0) is 16.1 Å². The summed E-state index contributed by atoms with van der Waals surface area (Å²) in [6.07, 6.45) is -0.0479. The summed E-state index contributed by atoms with van der Waals surface area (Å²) in [5, 5.41) is 8.88. The number of epoxide rings is 1. The maximum atomic E-state index is 8.88. The molecule has 1 N–H and O–H groups in total. The van der Waals surface area contributed by atoms with Gasteiger partial charge in [0, 0.05) is 0 Å². The SMILES string of the molecule is C[C@]1(COCc2ccccc2)O[C@H]1CO. The van der Waals surface area contributed by atoms with Crippen molar-refractivity contribution in [1.29, 1.82) is 0 Å². The maximum absolute atomic E-state index is 8.88. The van der Waals surface area contributed by atoms with Gasteiger partial charge in [0.15, 0.2) is 0 Å². The number of rotatable bonds is 5. The highest BCUT2D eigenvalue weighted by Crippen LogP contribution is 2.35. The topological polar surface area (TPSA) is 42.0 Å². The molecule has 0 radical (unpaired) electrons. The summed E-state index contributed by atoms with van der Waals surface area (Å²) in [7, 11) is 0. The molecule has 15 heavy (non-hydrogen) atoms. The Morgan fingerprint density at radius 3 is 2.73 bits per heavy atom. The number of aliphatic hydroxyl groups is 1. The minimum absolute atomic E-state index is 0.0479. The average molecular weight is 208 g/mol. The summed E-state index contributed by atoms with van der Waals surface area (Å²) in [5.41, 5.74) is 0.881. The summed E-state index contributed by atoms with van der Waals surface area (Å²) in [6, 6.07) is 10.0. The van der Waals surface area contributed by atoms with E-state index in [1.54, 1.807) is 0 Å². The van der Waals surface area contributed by atoms with E-state index < -0.39 is 0 Å². The monoisotopic (exact) mass is 208 g/mol. The Kier molecular flexibility index (Phi) is 3.05. The number of hydrogen-bond donors (Lipinski definition) is 1. The number of ether oxygens (including phenoxy) is 2. The van der Waals surface area contributed by atoms with Crippen LogP contribution in [0, 0.1) is 0 Å². The first-order valence-corrected chi connectivity index (χ1v) is 5.15. The standard InChI is InChI=1S/C12H16O3/c1-12(11(7-13)15-12)9-14-8-10-5-3-2-4-6-10/h2-6,11,13H,7-9H2,1H3/t11-,12+/m0/s1. The molecule has 1 aliphatic heterocycles. The minimum atomic E-state index is -0.274. The van der Waals surface area contributed by atoms with Crippen LogP contribution in [0.2, 0.25) is 0 Å². The molecule has 0 unspecified atom stereocenters. The Hall–Kier alpha value is -0.900. The molecule has 1 aromatic rings. The molecule has 0 bridgehead atoms. The van der Waals surface area contributed by atoms with Crippen molar-refractivity contribution >= 4 is 0 Å². The van der Waals surface area contributed by atoms with Gasteiger partial charge in [0.25, 0.3) is 0 Å². The molecule has 0 aliphatic carbocycles. The lowest BCUT2D eigenvalue weighted by atomic mass is 10.1. The molecule has 1 aliphatic rings. The molecule has 0 saturated carbocycles. The van der Waals surface area contributed by atoms with Crippen LogP contribution < -0.4 is 0 Å². The molecule has 2 rings (SSSR count). The molecule has 1 fully saturated rings. The van der Waals surface area contributed by atoms with Gasteiger partial charge in [-0.3, -0.25) is 0 Å². The van der Waals surface area contributed by atoms with E-state index >= 15 is 0 Å². The lowest BCUT2D eigenvalue weighted by molar-refractivity contribution is 0.0742. The van der Waals surface area contributed by atoms with Gasteiger partial charge in [-0.15, -0.1) is 0 Å². The van der Waals surface area contributed by atoms with Crippen LogP contribution >= 0.6 is 0 Å². The third kappa shape index (κ3) is 2.56. The van der Waals surface area contributed by atoms with Gasteiger partial charge in [0.2, 0.25) is 0 Å². The third-order valence-corrected chi connectivity index (χ3v) is 2.70. The summed E-state index contributed by atoms with van der Waals surface area (Å²) < 4.78 is 10.9. The van der Waals surface area contributed by atoms with Gasteiger partial charge >= 0.3 is 0 Å². The predicted molar refractivity (Wildman–Crippen MR) is 56.5 cm³/mol. The van der Waals surface area contributed by atoms with Crippen LogP contribution in [0.15, 0.2) is 30.3 Å². The maximum Gasteiger partial charge on any atom is 0.118 e. The fourth-order valence-electron chi connectivity index (χ4n) is 1.59. The van der Waals surface area contributed by atoms with E-state index in [2.05, 4.69) is 0 Å². The number of benzene rings is 1. The first-order chi connectivity index (χ1) is 7.24. The first kappa shape index (κ1) is 10.6. The zero-order valence-corrected chi connectivity index (χ0v) is 8.85.